The third kappa shape index (κ3) is 2.64. The Labute approximate surface area is 134 Å². The van der Waals surface area contributed by atoms with Crippen molar-refractivity contribution in [1.29, 1.82) is 0 Å². The van der Waals surface area contributed by atoms with Crippen molar-refractivity contribution in [2.75, 3.05) is 13.1 Å². The van der Waals surface area contributed by atoms with Crippen molar-refractivity contribution in [2.45, 2.75) is 51.4 Å². The summed E-state index contributed by atoms with van der Waals surface area (Å²) in [5.74, 6) is 1.62. The number of hydrogen-bond donors (Lipinski definition) is 1. The van der Waals surface area contributed by atoms with Crippen LogP contribution in [0.15, 0.2) is 4.42 Å². The summed E-state index contributed by atoms with van der Waals surface area (Å²) in [6, 6.07) is 0. The molecule has 0 bridgehead atoms. The van der Waals surface area contributed by atoms with Gasteiger partial charge in [0.2, 0.25) is 11.8 Å². The number of aromatic nitrogens is 4. The molecule has 1 N–H and O–H groups in total. The van der Waals surface area contributed by atoms with Crippen molar-refractivity contribution in [3.8, 4) is 0 Å². The number of piperidine rings is 1. The van der Waals surface area contributed by atoms with Gasteiger partial charge >= 0.3 is 0 Å². The van der Waals surface area contributed by atoms with E-state index in [1.54, 1.807) is 6.92 Å². The lowest BCUT2D eigenvalue weighted by Gasteiger charge is -2.30. The number of hydrogen-bond acceptors (Lipinski definition) is 5. The second-order valence-corrected chi connectivity index (χ2v) is 6.46. The first-order chi connectivity index (χ1) is 11.2. The lowest BCUT2D eigenvalue weighted by atomic mass is 9.94. The van der Waals surface area contributed by atoms with E-state index in [-0.39, 0.29) is 11.8 Å². The Morgan fingerprint density at radius 1 is 1.22 bits per heavy atom. The van der Waals surface area contributed by atoms with Crippen molar-refractivity contribution < 1.29 is 9.21 Å². The molecule has 2 aromatic rings. The van der Waals surface area contributed by atoms with Gasteiger partial charge in [-0.3, -0.25) is 9.89 Å². The van der Waals surface area contributed by atoms with Gasteiger partial charge in [0, 0.05) is 37.2 Å². The first kappa shape index (κ1) is 14.4. The highest BCUT2D eigenvalue weighted by molar-refractivity contribution is 5.94. The van der Waals surface area contributed by atoms with E-state index in [2.05, 4.69) is 20.4 Å². The van der Waals surface area contributed by atoms with Crippen LogP contribution in [0, 0.1) is 6.92 Å². The molecule has 2 aromatic heterocycles. The maximum atomic E-state index is 12.8. The first-order valence-electron chi connectivity index (χ1n) is 8.38. The molecule has 0 unspecified atom stereocenters. The fraction of sp³-hybridized carbons (Fsp3) is 0.625. The van der Waals surface area contributed by atoms with E-state index in [9.17, 15) is 4.79 Å². The van der Waals surface area contributed by atoms with Crippen LogP contribution in [0.3, 0.4) is 0 Å². The van der Waals surface area contributed by atoms with Crippen LogP contribution in [0.1, 0.15) is 65.1 Å². The van der Waals surface area contributed by atoms with E-state index in [0.717, 1.165) is 43.4 Å². The van der Waals surface area contributed by atoms with E-state index in [0.29, 0.717) is 30.6 Å². The Bertz CT molecular complexity index is 712. The summed E-state index contributed by atoms with van der Waals surface area (Å²) in [6.45, 7) is 3.23. The number of nitrogens with one attached hydrogen (secondary N) is 1. The van der Waals surface area contributed by atoms with Crippen molar-refractivity contribution in [2.24, 2.45) is 0 Å². The molecule has 0 saturated carbocycles. The van der Waals surface area contributed by atoms with Crippen LogP contribution < -0.4 is 0 Å². The molecule has 0 atom stereocenters. The van der Waals surface area contributed by atoms with Crippen molar-refractivity contribution >= 4 is 5.91 Å². The normalized spacial score (nSPS) is 18.9. The van der Waals surface area contributed by atoms with Gasteiger partial charge in [-0.25, -0.2) is 0 Å². The summed E-state index contributed by atoms with van der Waals surface area (Å²) in [5.41, 5.74) is 2.92. The molecule has 23 heavy (non-hydrogen) atoms. The molecule has 3 heterocycles. The largest absolute Gasteiger partial charge is 0.425 e. The number of aromatic amines is 1. The van der Waals surface area contributed by atoms with Crippen LogP contribution in [0.2, 0.25) is 0 Å². The number of rotatable bonds is 2. The first-order valence-corrected chi connectivity index (χ1v) is 8.38. The zero-order chi connectivity index (χ0) is 15.8. The molecule has 7 nitrogen and oxygen atoms in total. The molecule has 0 spiro atoms. The molecule has 122 valence electrons. The van der Waals surface area contributed by atoms with Crippen molar-refractivity contribution in [3.05, 3.63) is 28.7 Å². The van der Waals surface area contributed by atoms with Gasteiger partial charge in [0.1, 0.15) is 0 Å². The molecule has 1 saturated heterocycles. The lowest BCUT2D eigenvalue weighted by Crippen LogP contribution is -2.38. The monoisotopic (exact) mass is 315 g/mol. The fourth-order valence-electron chi connectivity index (χ4n) is 3.61. The number of nitrogens with zero attached hydrogens (tertiary/aromatic N) is 4. The van der Waals surface area contributed by atoms with Crippen LogP contribution in [0.4, 0.5) is 0 Å². The van der Waals surface area contributed by atoms with Gasteiger partial charge in [-0.15, -0.1) is 10.2 Å². The highest BCUT2D eigenvalue weighted by atomic mass is 16.4. The summed E-state index contributed by atoms with van der Waals surface area (Å²) in [4.78, 5) is 14.7. The van der Waals surface area contributed by atoms with Gasteiger partial charge in [0.05, 0.1) is 0 Å². The summed E-state index contributed by atoms with van der Waals surface area (Å²) in [7, 11) is 0. The van der Waals surface area contributed by atoms with E-state index in [4.69, 9.17) is 4.42 Å². The Morgan fingerprint density at radius 2 is 2.00 bits per heavy atom. The minimum Gasteiger partial charge on any atom is -0.425 e. The maximum Gasteiger partial charge on any atom is 0.274 e. The number of H-pyrrole nitrogens is 1. The molecule has 0 aromatic carbocycles. The maximum absolute atomic E-state index is 12.8. The third-order valence-corrected chi connectivity index (χ3v) is 4.93. The van der Waals surface area contributed by atoms with E-state index in [1.165, 1.54) is 6.42 Å². The zero-order valence-electron chi connectivity index (χ0n) is 13.3. The zero-order valence-corrected chi connectivity index (χ0v) is 13.3. The SMILES string of the molecule is Cc1nnc(C2CCN(C(=O)c3n[nH]c4c3CCCC4)CC2)o1. The highest BCUT2D eigenvalue weighted by Crippen LogP contribution is 2.29. The number of carbonyl (C=O) groups is 1. The predicted molar refractivity (Wildman–Crippen MR) is 82.1 cm³/mol. The van der Waals surface area contributed by atoms with Crippen LogP contribution in [-0.4, -0.2) is 44.3 Å². The van der Waals surface area contributed by atoms with Gasteiger partial charge in [-0.1, -0.05) is 0 Å². The Hall–Kier alpha value is -2.18. The van der Waals surface area contributed by atoms with Crippen LogP contribution in [-0.2, 0) is 12.8 Å². The summed E-state index contributed by atoms with van der Waals surface area (Å²) in [6.07, 6.45) is 6.02. The summed E-state index contributed by atoms with van der Waals surface area (Å²) >= 11 is 0. The van der Waals surface area contributed by atoms with Gasteiger partial charge in [0.15, 0.2) is 5.69 Å². The van der Waals surface area contributed by atoms with Crippen LogP contribution in [0.5, 0.6) is 0 Å². The van der Waals surface area contributed by atoms with E-state index in [1.807, 2.05) is 4.90 Å². The van der Waals surface area contributed by atoms with E-state index >= 15 is 0 Å². The molecule has 1 aliphatic heterocycles. The molecule has 4 rings (SSSR count). The second-order valence-electron chi connectivity index (χ2n) is 6.46. The number of carbonyl (C=O) groups excluding carboxylic acids is 1. The third-order valence-electron chi connectivity index (χ3n) is 4.93. The molecule has 1 fully saturated rings. The van der Waals surface area contributed by atoms with E-state index < -0.39 is 0 Å². The van der Waals surface area contributed by atoms with Gasteiger partial charge in [-0.05, 0) is 38.5 Å². The standard InChI is InChI=1S/C16H21N5O2/c1-10-17-20-15(23-10)11-6-8-21(9-7-11)16(22)14-12-4-2-3-5-13(12)18-19-14/h11H,2-9H2,1H3,(H,18,19). The number of amides is 1. The molecule has 1 aliphatic carbocycles. The minimum absolute atomic E-state index is 0.0598. The molecule has 0 radical (unpaired) electrons. The van der Waals surface area contributed by atoms with Gasteiger partial charge < -0.3 is 9.32 Å². The molecular formula is C16H21N5O2. The summed E-state index contributed by atoms with van der Waals surface area (Å²) < 4.78 is 5.52. The van der Waals surface area contributed by atoms with Gasteiger partial charge in [0.25, 0.3) is 5.91 Å². The predicted octanol–water partition coefficient (Wildman–Crippen LogP) is 2.00. The van der Waals surface area contributed by atoms with Gasteiger partial charge in [-0.2, -0.15) is 5.10 Å². The quantitative estimate of drug-likeness (QED) is 0.915. The lowest BCUT2D eigenvalue weighted by molar-refractivity contribution is 0.0698. The second kappa shape index (κ2) is 5.79. The number of fused-ring (bicyclic) bond motifs is 1. The molecule has 2 aliphatic rings. The topological polar surface area (TPSA) is 87.9 Å². The smallest absolute Gasteiger partial charge is 0.274 e. The number of likely N-dealkylation sites (tertiary alicyclic amines) is 1. The highest BCUT2D eigenvalue weighted by Gasteiger charge is 2.30. The van der Waals surface area contributed by atoms with Crippen molar-refractivity contribution in [1.82, 2.24) is 25.3 Å². The molecular weight excluding hydrogens is 294 g/mol. The Kier molecular flexibility index (Phi) is 3.63. The van der Waals surface area contributed by atoms with Crippen LogP contribution >= 0.6 is 0 Å². The Balaban J connectivity index is 1.44. The van der Waals surface area contributed by atoms with Crippen molar-refractivity contribution in [3.63, 3.8) is 0 Å². The average molecular weight is 315 g/mol. The summed E-state index contributed by atoms with van der Waals surface area (Å²) in [5, 5.41) is 15.4. The minimum atomic E-state index is 0.0598. The average Bonchev–Trinajstić information content (AvgIpc) is 3.21. The van der Waals surface area contributed by atoms with Crippen LogP contribution in [0.25, 0.3) is 0 Å². The number of aryl methyl sites for hydroxylation is 2. The Morgan fingerprint density at radius 3 is 2.74 bits per heavy atom. The fourth-order valence-corrected chi connectivity index (χ4v) is 3.61. The molecule has 1 amide bonds. The molecule has 7 heteroatoms.